The standard InChI is InChI=1S/C11H20N2O4/c1-3-17-9-4-6-13(7-5-9)11(16)12(2)8-10(14)15/h9H,3-8H2,1-2H3,(H,14,15). The molecule has 6 heteroatoms. The van der Waals surface area contributed by atoms with Crippen LogP contribution in [-0.4, -0.2) is 66.3 Å². The molecule has 2 amide bonds. The molecule has 0 aromatic carbocycles. The van der Waals surface area contributed by atoms with Crippen LogP contribution in [0.1, 0.15) is 19.8 Å². The van der Waals surface area contributed by atoms with Gasteiger partial charge < -0.3 is 19.6 Å². The van der Waals surface area contributed by atoms with E-state index >= 15 is 0 Å². The van der Waals surface area contributed by atoms with Crippen LogP contribution in [0.25, 0.3) is 0 Å². The third kappa shape index (κ3) is 4.22. The lowest BCUT2D eigenvalue weighted by molar-refractivity contribution is -0.137. The number of carbonyl (C=O) groups excluding carboxylic acids is 1. The van der Waals surface area contributed by atoms with Gasteiger partial charge in [0.15, 0.2) is 0 Å². The van der Waals surface area contributed by atoms with Crippen LogP contribution >= 0.6 is 0 Å². The van der Waals surface area contributed by atoms with Gasteiger partial charge in [-0.2, -0.15) is 0 Å². The Hall–Kier alpha value is -1.30. The minimum Gasteiger partial charge on any atom is -0.480 e. The fourth-order valence-electron chi connectivity index (χ4n) is 1.96. The normalized spacial score (nSPS) is 16.9. The molecule has 0 aliphatic carbocycles. The zero-order valence-electron chi connectivity index (χ0n) is 10.4. The molecule has 0 unspecified atom stereocenters. The molecule has 0 atom stereocenters. The van der Waals surface area contributed by atoms with Gasteiger partial charge in [-0.15, -0.1) is 0 Å². The predicted octanol–water partition coefficient (Wildman–Crippen LogP) is 0.624. The van der Waals surface area contributed by atoms with Crippen molar-refractivity contribution in [3.63, 3.8) is 0 Å². The van der Waals surface area contributed by atoms with E-state index in [4.69, 9.17) is 9.84 Å². The molecular formula is C11H20N2O4. The van der Waals surface area contributed by atoms with Crippen LogP contribution in [-0.2, 0) is 9.53 Å². The topological polar surface area (TPSA) is 70.1 Å². The molecule has 1 rings (SSSR count). The molecule has 17 heavy (non-hydrogen) atoms. The third-order valence-corrected chi connectivity index (χ3v) is 2.81. The Labute approximate surface area is 101 Å². The van der Waals surface area contributed by atoms with Gasteiger partial charge in [0, 0.05) is 26.7 Å². The first-order valence-electron chi connectivity index (χ1n) is 5.88. The number of carboxylic acid groups (broad SMARTS) is 1. The largest absolute Gasteiger partial charge is 0.480 e. The molecule has 1 saturated heterocycles. The number of piperidine rings is 1. The number of carbonyl (C=O) groups is 2. The summed E-state index contributed by atoms with van der Waals surface area (Å²) in [5, 5.41) is 8.61. The highest BCUT2D eigenvalue weighted by molar-refractivity contribution is 5.79. The zero-order chi connectivity index (χ0) is 12.8. The van der Waals surface area contributed by atoms with Crippen molar-refractivity contribution in [2.75, 3.05) is 33.3 Å². The van der Waals surface area contributed by atoms with Gasteiger partial charge in [0.05, 0.1) is 6.10 Å². The highest BCUT2D eigenvalue weighted by Crippen LogP contribution is 2.14. The molecule has 1 N–H and O–H groups in total. The maximum Gasteiger partial charge on any atom is 0.323 e. The molecule has 0 aromatic rings. The SMILES string of the molecule is CCOC1CCN(C(=O)N(C)CC(=O)O)CC1. The van der Waals surface area contributed by atoms with Crippen molar-refractivity contribution in [2.45, 2.75) is 25.9 Å². The number of urea groups is 1. The Morgan fingerprint density at radius 3 is 2.47 bits per heavy atom. The van der Waals surface area contributed by atoms with Gasteiger partial charge in [0.1, 0.15) is 6.54 Å². The van der Waals surface area contributed by atoms with Gasteiger partial charge in [0.2, 0.25) is 0 Å². The van der Waals surface area contributed by atoms with E-state index in [2.05, 4.69) is 0 Å². The molecule has 6 nitrogen and oxygen atoms in total. The zero-order valence-corrected chi connectivity index (χ0v) is 10.4. The number of hydrogen-bond acceptors (Lipinski definition) is 3. The molecule has 1 heterocycles. The second-order valence-electron chi connectivity index (χ2n) is 4.17. The van der Waals surface area contributed by atoms with E-state index in [-0.39, 0.29) is 18.7 Å². The lowest BCUT2D eigenvalue weighted by Crippen LogP contribution is -2.47. The molecular weight excluding hydrogens is 224 g/mol. The quantitative estimate of drug-likeness (QED) is 0.787. The Balaban J connectivity index is 2.37. The summed E-state index contributed by atoms with van der Waals surface area (Å²) in [5.41, 5.74) is 0. The van der Waals surface area contributed by atoms with Crippen LogP contribution in [0.5, 0.6) is 0 Å². The minimum atomic E-state index is -0.995. The molecule has 0 spiro atoms. The lowest BCUT2D eigenvalue weighted by atomic mass is 10.1. The lowest BCUT2D eigenvalue weighted by Gasteiger charge is -2.33. The summed E-state index contributed by atoms with van der Waals surface area (Å²) in [6.07, 6.45) is 1.87. The highest BCUT2D eigenvalue weighted by Gasteiger charge is 2.25. The number of nitrogens with zero attached hydrogens (tertiary/aromatic N) is 2. The number of carboxylic acids is 1. The summed E-state index contributed by atoms with van der Waals surface area (Å²) in [6, 6.07) is -0.220. The first-order valence-corrected chi connectivity index (χ1v) is 5.88. The van der Waals surface area contributed by atoms with Crippen molar-refractivity contribution in [3.05, 3.63) is 0 Å². The monoisotopic (exact) mass is 244 g/mol. The molecule has 98 valence electrons. The number of amides is 2. The van der Waals surface area contributed by atoms with Crippen LogP contribution in [0.4, 0.5) is 4.79 Å². The number of rotatable bonds is 4. The maximum atomic E-state index is 11.8. The van der Waals surface area contributed by atoms with Crippen molar-refractivity contribution in [2.24, 2.45) is 0 Å². The highest BCUT2D eigenvalue weighted by atomic mass is 16.5. The number of aliphatic carboxylic acids is 1. The second kappa shape index (κ2) is 6.44. The number of ether oxygens (including phenoxy) is 1. The van der Waals surface area contributed by atoms with Crippen molar-refractivity contribution in [3.8, 4) is 0 Å². The van der Waals surface area contributed by atoms with Gasteiger partial charge in [-0.1, -0.05) is 0 Å². The summed E-state index contributed by atoms with van der Waals surface area (Å²) in [4.78, 5) is 25.3. The predicted molar refractivity (Wildman–Crippen MR) is 61.9 cm³/mol. The number of likely N-dealkylation sites (tertiary alicyclic amines) is 1. The first kappa shape index (κ1) is 13.8. The van der Waals surface area contributed by atoms with E-state index < -0.39 is 5.97 Å². The summed E-state index contributed by atoms with van der Waals surface area (Å²) in [6.45, 7) is 3.65. The minimum absolute atomic E-state index is 0.220. The average molecular weight is 244 g/mol. The summed E-state index contributed by atoms with van der Waals surface area (Å²) in [5.74, 6) is -0.995. The molecule has 1 aliphatic heterocycles. The van der Waals surface area contributed by atoms with E-state index in [1.165, 1.54) is 11.9 Å². The summed E-state index contributed by atoms with van der Waals surface area (Å²) >= 11 is 0. The summed E-state index contributed by atoms with van der Waals surface area (Å²) < 4.78 is 5.49. The van der Waals surface area contributed by atoms with Gasteiger partial charge in [-0.25, -0.2) is 4.79 Å². The average Bonchev–Trinajstić information content (AvgIpc) is 2.28. The van der Waals surface area contributed by atoms with Crippen molar-refractivity contribution in [1.82, 2.24) is 9.80 Å². The van der Waals surface area contributed by atoms with E-state index in [9.17, 15) is 9.59 Å². The Bertz CT molecular complexity index is 275. The summed E-state index contributed by atoms with van der Waals surface area (Å²) in [7, 11) is 1.51. The number of hydrogen-bond donors (Lipinski definition) is 1. The van der Waals surface area contributed by atoms with Crippen molar-refractivity contribution >= 4 is 12.0 Å². The smallest absolute Gasteiger partial charge is 0.323 e. The third-order valence-electron chi connectivity index (χ3n) is 2.81. The van der Waals surface area contributed by atoms with E-state index in [0.29, 0.717) is 19.7 Å². The van der Waals surface area contributed by atoms with Gasteiger partial charge in [0.25, 0.3) is 0 Å². The molecule has 0 aromatic heterocycles. The molecule has 0 radical (unpaired) electrons. The Morgan fingerprint density at radius 1 is 1.41 bits per heavy atom. The first-order chi connectivity index (χ1) is 8.04. The van der Waals surface area contributed by atoms with Crippen LogP contribution < -0.4 is 0 Å². The molecule has 0 saturated carbocycles. The fourth-order valence-corrected chi connectivity index (χ4v) is 1.96. The second-order valence-corrected chi connectivity index (χ2v) is 4.17. The maximum absolute atomic E-state index is 11.8. The van der Waals surface area contributed by atoms with Gasteiger partial charge in [-0.3, -0.25) is 4.79 Å². The molecule has 0 bridgehead atoms. The molecule has 1 aliphatic rings. The van der Waals surface area contributed by atoms with E-state index in [0.717, 1.165) is 12.8 Å². The van der Waals surface area contributed by atoms with Crippen LogP contribution in [0, 0.1) is 0 Å². The van der Waals surface area contributed by atoms with Crippen LogP contribution in [0.15, 0.2) is 0 Å². The van der Waals surface area contributed by atoms with Gasteiger partial charge in [-0.05, 0) is 19.8 Å². The van der Waals surface area contributed by atoms with E-state index in [1.54, 1.807) is 4.90 Å². The van der Waals surface area contributed by atoms with Crippen LogP contribution in [0.3, 0.4) is 0 Å². The number of likely N-dealkylation sites (N-methyl/N-ethyl adjacent to an activating group) is 1. The van der Waals surface area contributed by atoms with Gasteiger partial charge >= 0.3 is 12.0 Å². The van der Waals surface area contributed by atoms with Crippen molar-refractivity contribution in [1.29, 1.82) is 0 Å². The van der Waals surface area contributed by atoms with Crippen LogP contribution in [0.2, 0.25) is 0 Å². The fraction of sp³-hybridized carbons (Fsp3) is 0.818. The van der Waals surface area contributed by atoms with E-state index in [1.807, 2.05) is 6.92 Å². The molecule has 1 fully saturated rings. The Morgan fingerprint density at radius 2 is 2.00 bits per heavy atom. The van der Waals surface area contributed by atoms with Crippen molar-refractivity contribution < 1.29 is 19.4 Å². The Kier molecular flexibility index (Phi) is 5.21.